The maximum absolute atomic E-state index is 13.0. The minimum absolute atomic E-state index is 0.159. The third-order valence-electron chi connectivity index (χ3n) is 4.82. The van der Waals surface area contributed by atoms with E-state index in [1.54, 1.807) is 0 Å². The van der Waals surface area contributed by atoms with Gasteiger partial charge in [0.25, 0.3) is 0 Å². The minimum Gasteiger partial charge on any atom is -0.481 e. The SMILES string of the molecule is CC(NC(=O)C1CCCC1)C(=O)N1C[C@@H](C(F)(F)F)[C@H](C(=O)O)C1. The zero-order chi connectivity index (χ0) is 18.1. The molecular weight excluding hydrogens is 329 g/mol. The summed E-state index contributed by atoms with van der Waals surface area (Å²) >= 11 is 0. The van der Waals surface area contributed by atoms with E-state index in [0.29, 0.717) is 0 Å². The molecule has 1 heterocycles. The second-order valence-electron chi connectivity index (χ2n) is 6.55. The van der Waals surface area contributed by atoms with Crippen LogP contribution in [0.3, 0.4) is 0 Å². The van der Waals surface area contributed by atoms with Gasteiger partial charge in [-0.25, -0.2) is 0 Å². The zero-order valence-corrected chi connectivity index (χ0v) is 13.3. The Hall–Kier alpha value is -1.80. The van der Waals surface area contributed by atoms with E-state index in [0.717, 1.165) is 30.6 Å². The van der Waals surface area contributed by atoms with Crippen LogP contribution < -0.4 is 5.32 Å². The molecule has 2 fully saturated rings. The number of alkyl halides is 3. The molecule has 0 aromatic heterocycles. The van der Waals surface area contributed by atoms with Crippen LogP contribution in [0.2, 0.25) is 0 Å². The lowest BCUT2D eigenvalue weighted by Crippen LogP contribution is -2.48. The number of carbonyl (C=O) groups is 3. The monoisotopic (exact) mass is 350 g/mol. The number of nitrogens with zero attached hydrogens (tertiary/aromatic N) is 1. The number of halogens is 3. The number of amides is 2. The number of aliphatic carboxylic acids is 1. The molecule has 1 saturated heterocycles. The molecule has 0 radical (unpaired) electrons. The van der Waals surface area contributed by atoms with Crippen molar-refractivity contribution >= 4 is 17.8 Å². The molecule has 136 valence electrons. The number of hydrogen-bond donors (Lipinski definition) is 2. The van der Waals surface area contributed by atoms with E-state index in [4.69, 9.17) is 5.11 Å². The number of hydrogen-bond acceptors (Lipinski definition) is 3. The van der Waals surface area contributed by atoms with Gasteiger partial charge in [-0.15, -0.1) is 0 Å². The Morgan fingerprint density at radius 2 is 1.75 bits per heavy atom. The number of carbonyl (C=O) groups excluding carboxylic acids is 2. The van der Waals surface area contributed by atoms with Crippen LogP contribution in [-0.2, 0) is 14.4 Å². The molecule has 6 nitrogen and oxygen atoms in total. The van der Waals surface area contributed by atoms with Gasteiger partial charge in [-0.2, -0.15) is 13.2 Å². The zero-order valence-electron chi connectivity index (χ0n) is 13.3. The number of carboxylic acid groups (broad SMARTS) is 1. The van der Waals surface area contributed by atoms with Gasteiger partial charge in [0.15, 0.2) is 0 Å². The van der Waals surface area contributed by atoms with Gasteiger partial charge in [-0.1, -0.05) is 12.8 Å². The topological polar surface area (TPSA) is 86.7 Å². The minimum atomic E-state index is -4.69. The van der Waals surface area contributed by atoms with E-state index in [2.05, 4.69) is 5.32 Å². The van der Waals surface area contributed by atoms with Gasteiger partial charge in [0.05, 0.1) is 11.8 Å². The van der Waals surface area contributed by atoms with Crippen molar-refractivity contribution in [1.82, 2.24) is 10.2 Å². The van der Waals surface area contributed by atoms with E-state index in [9.17, 15) is 27.6 Å². The Balaban J connectivity index is 1.98. The van der Waals surface area contributed by atoms with E-state index < -0.39 is 49.0 Å². The number of nitrogens with one attached hydrogen (secondary N) is 1. The van der Waals surface area contributed by atoms with E-state index >= 15 is 0 Å². The first-order chi connectivity index (χ1) is 11.1. The van der Waals surface area contributed by atoms with Gasteiger partial charge < -0.3 is 15.3 Å². The van der Waals surface area contributed by atoms with Crippen molar-refractivity contribution in [2.75, 3.05) is 13.1 Å². The highest BCUT2D eigenvalue weighted by atomic mass is 19.4. The number of rotatable bonds is 4. The van der Waals surface area contributed by atoms with Crippen LogP contribution in [0.4, 0.5) is 13.2 Å². The summed E-state index contributed by atoms with van der Waals surface area (Å²) in [6.45, 7) is 0.219. The van der Waals surface area contributed by atoms with Crippen LogP contribution in [-0.4, -0.2) is 53.1 Å². The van der Waals surface area contributed by atoms with Gasteiger partial charge in [-0.3, -0.25) is 14.4 Å². The molecule has 2 aliphatic rings. The first-order valence-electron chi connectivity index (χ1n) is 8.00. The molecule has 1 aliphatic heterocycles. The second-order valence-corrected chi connectivity index (χ2v) is 6.55. The average Bonchev–Trinajstić information content (AvgIpc) is 3.14. The maximum Gasteiger partial charge on any atom is 0.394 e. The van der Waals surface area contributed by atoms with Gasteiger partial charge in [0.1, 0.15) is 6.04 Å². The largest absolute Gasteiger partial charge is 0.481 e. The van der Waals surface area contributed by atoms with E-state index in [-0.39, 0.29) is 11.8 Å². The summed E-state index contributed by atoms with van der Waals surface area (Å²) in [6.07, 6.45) is -1.31. The first-order valence-corrected chi connectivity index (χ1v) is 8.00. The summed E-state index contributed by atoms with van der Waals surface area (Å²) < 4.78 is 38.9. The summed E-state index contributed by atoms with van der Waals surface area (Å²) in [5, 5.41) is 11.5. The Morgan fingerprint density at radius 3 is 2.21 bits per heavy atom. The van der Waals surface area contributed by atoms with E-state index in [1.165, 1.54) is 6.92 Å². The van der Waals surface area contributed by atoms with Crippen LogP contribution in [0, 0.1) is 17.8 Å². The molecule has 2 rings (SSSR count). The summed E-state index contributed by atoms with van der Waals surface area (Å²) in [4.78, 5) is 36.2. The standard InChI is InChI=1S/C15H21F3N2O4/c1-8(19-12(21)9-4-2-3-5-9)13(22)20-6-10(14(23)24)11(7-20)15(16,17)18/h8-11H,2-7H2,1H3,(H,19,21)(H,23,24)/t8?,10-,11-/m1/s1. The average molecular weight is 350 g/mol. The lowest BCUT2D eigenvalue weighted by atomic mass is 9.96. The fourth-order valence-electron chi connectivity index (χ4n) is 3.42. The van der Waals surface area contributed by atoms with E-state index in [1.807, 2.05) is 0 Å². The first kappa shape index (κ1) is 18.5. The fourth-order valence-corrected chi connectivity index (χ4v) is 3.42. The second kappa shape index (κ2) is 6.98. The summed E-state index contributed by atoms with van der Waals surface area (Å²) in [5.74, 6) is -6.44. The van der Waals surface area contributed by atoms with Crippen molar-refractivity contribution < 1.29 is 32.7 Å². The van der Waals surface area contributed by atoms with Crippen LogP contribution in [0.5, 0.6) is 0 Å². The highest BCUT2D eigenvalue weighted by Crippen LogP contribution is 2.37. The third-order valence-corrected chi connectivity index (χ3v) is 4.82. The normalized spacial score (nSPS) is 26.4. The molecule has 1 aliphatic carbocycles. The van der Waals surface area contributed by atoms with Crippen LogP contribution in [0.25, 0.3) is 0 Å². The lowest BCUT2D eigenvalue weighted by Gasteiger charge is -2.23. The highest BCUT2D eigenvalue weighted by molar-refractivity contribution is 5.89. The van der Waals surface area contributed by atoms with Crippen molar-refractivity contribution in [3.63, 3.8) is 0 Å². The number of carboxylic acids is 1. The molecule has 0 bridgehead atoms. The Labute approximate surface area is 137 Å². The molecule has 0 spiro atoms. The molecule has 0 aromatic carbocycles. The molecule has 2 amide bonds. The van der Waals surface area contributed by atoms with Crippen molar-refractivity contribution in [2.24, 2.45) is 17.8 Å². The van der Waals surface area contributed by atoms with Crippen molar-refractivity contribution in [1.29, 1.82) is 0 Å². The van der Waals surface area contributed by atoms with Gasteiger partial charge in [0, 0.05) is 19.0 Å². The van der Waals surface area contributed by atoms with Crippen LogP contribution in [0.15, 0.2) is 0 Å². The lowest BCUT2D eigenvalue weighted by molar-refractivity contribution is -0.188. The van der Waals surface area contributed by atoms with Crippen molar-refractivity contribution in [3.05, 3.63) is 0 Å². The molecule has 0 aromatic rings. The summed E-state index contributed by atoms with van der Waals surface area (Å²) in [7, 11) is 0. The quantitative estimate of drug-likeness (QED) is 0.802. The molecule has 2 N–H and O–H groups in total. The summed E-state index contributed by atoms with van der Waals surface area (Å²) in [5.41, 5.74) is 0. The van der Waals surface area contributed by atoms with Crippen LogP contribution in [0.1, 0.15) is 32.6 Å². The summed E-state index contributed by atoms with van der Waals surface area (Å²) in [6, 6.07) is -0.973. The predicted octanol–water partition coefficient (Wildman–Crippen LogP) is 1.40. The van der Waals surface area contributed by atoms with Gasteiger partial charge in [0.2, 0.25) is 11.8 Å². The highest BCUT2D eigenvalue weighted by Gasteiger charge is 2.53. The molecule has 1 unspecified atom stereocenters. The Bertz CT molecular complexity index is 517. The third kappa shape index (κ3) is 3.99. The predicted molar refractivity (Wildman–Crippen MR) is 76.8 cm³/mol. The van der Waals surface area contributed by atoms with Crippen molar-refractivity contribution in [3.8, 4) is 0 Å². The Kier molecular flexibility index (Phi) is 5.39. The molecule has 3 atom stereocenters. The molecule has 24 heavy (non-hydrogen) atoms. The number of likely N-dealkylation sites (tertiary alicyclic amines) is 1. The van der Waals surface area contributed by atoms with Crippen LogP contribution >= 0.6 is 0 Å². The fraction of sp³-hybridized carbons (Fsp3) is 0.800. The maximum atomic E-state index is 13.0. The Morgan fingerprint density at radius 1 is 1.17 bits per heavy atom. The molecule has 1 saturated carbocycles. The molecular formula is C15H21F3N2O4. The molecule has 9 heteroatoms. The smallest absolute Gasteiger partial charge is 0.394 e. The van der Waals surface area contributed by atoms with Gasteiger partial charge in [-0.05, 0) is 19.8 Å². The van der Waals surface area contributed by atoms with Gasteiger partial charge >= 0.3 is 12.1 Å². The van der Waals surface area contributed by atoms with Crippen molar-refractivity contribution in [2.45, 2.75) is 44.8 Å².